The Kier molecular flexibility index (Phi) is 6.96. The van der Waals surface area contributed by atoms with Gasteiger partial charge >= 0.3 is 6.03 Å². The van der Waals surface area contributed by atoms with Crippen molar-refractivity contribution in [1.82, 2.24) is 4.90 Å². The number of anilines is 2. The fourth-order valence-electron chi connectivity index (χ4n) is 4.24. The van der Waals surface area contributed by atoms with Crippen molar-refractivity contribution in [3.8, 4) is 0 Å². The third-order valence-corrected chi connectivity index (χ3v) is 6.25. The van der Waals surface area contributed by atoms with Crippen LogP contribution in [0.25, 0.3) is 0 Å². The molecular formula is C28H30FN3O2. The summed E-state index contributed by atoms with van der Waals surface area (Å²) < 4.78 is 13.2. The van der Waals surface area contributed by atoms with Crippen molar-refractivity contribution in [2.24, 2.45) is 0 Å². The van der Waals surface area contributed by atoms with Gasteiger partial charge in [0.15, 0.2) is 0 Å². The lowest BCUT2D eigenvalue weighted by Gasteiger charge is -2.36. The highest BCUT2D eigenvalue weighted by molar-refractivity contribution is 6.01. The predicted octanol–water partition coefficient (Wildman–Crippen LogP) is 5.76. The minimum Gasteiger partial charge on any atom is -0.324 e. The number of carbonyl (C=O) groups is 2. The molecule has 0 aromatic heterocycles. The van der Waals surface area contributed by atoms with Crippen molar-refractivity contribution < 1.29 is 14.0 Å². The van der Waals surface area contributed by atoms with Crippen LogP contribution in [0.3, 0.4) is 0 Å². The second-order valence-corrected chi connectivity index (χ2v) is 9.00. The lowest BCUT2D eigenvalue weighted by Crippen LogP contribution is -2.49. The molecule has 0 bridgehead atoms. The van der Waals surface area contributed by atoms with E-state index in [0.29, 0.717) is 31.0 Å². The zero-order valence-corrected chi connectivity index (χ0v) is 19.9. The maximum atomic E-state index is 13.4. The molecule has 0 aliphatic carbocycles. The summed E-state index contributed by atoms with van der Waals surface area (Å²) in [6.07, 6.45) is 0.966. The van der Waals surface area contributed by atoms with E-state index >= 15 is 0 Å². The molecule has 0 atom stereocenters. The van der Waals surface area contributed by atoms with Gasteiger partial charge in [0, 0.05) is 19.6 Å². The number of halogens is 1. The van der Waals surface area contributed by atoms with Crippen molar-refractivity contribution >= 4 is 23.3 Å². The minimum absolute atomic E-state index is 0.0673. The van der Waals surface area contributed by atoms with Crippen LogP contribution >= 0.6 is 0 Å². The lowest BCUT2D eigenvalue weighted by atomic mass is 10.1. The molecule has 0 unspecified atom stereocenters. The Morgan fingerprint density at radius 2 is 1.65 bits per heavy atom. The van der Waals surface area contributed by atoms with Gasteiger partial charge in [-0.2, -0.15) is 0 Å². The van der Waals surface area contributed by atoms with E-state index in [2.05, 4.69) is 37.4 Å². The number of urea groups is 1. The molecule has 176 valence electrons. The Hall–Kier alpha value is -3.67. The van der Waals surface area contributed by atoms with Crippen LogP contribution in [0.1, 0.15) is 34.2 Å². The molecule has 0 spiro atoms. The van der Waals surface area contributed by atoms with Gasteiger partial charge in [0.05, 0.1) is 17.8 Å². The Bertz CT molecular complexity index is 1210. The number of nitrogens with zero attached hydrogens (tertiary/aromatic N) is 2. The third-order valence-electron chi connectivity index (χ3n) is 6.25. The van der Waals surface area contributed by atoms with Gasteiger partial charge < -0.3 is 10.2 Å². The highest BCUT2D eigenvalue weighted by atomic mass is 19.1. The van der Waals surface area contributed by atoms with Crippen molar-refractivity contribution in [3.63, 3.8) is 0 Å². The van der Waals surface area contributed by atoms with Crippen molar-refractivity contribution in [3.05, 3.63) is 94.3 Å². The molecule has 1 aliphatic heterocycles. The van der Waals surface area contributed by atoms with E-state index in [1.54, 1.807) is 17.0 Å². The number of carbonyl (C=O) groups excluding carboxylic acids is 2. The number of nitrogens with one attached hydrogen (secondary N) is 1. The molecule has 6 heteroatoms. The van der Waals surface area contributed by atoms with Gasteiger partial charge in [-0.3, -0.25) is 9.69 Å². The smallest absolute Gasteiger partial charge is 0.324 e. The van der Waals surface area contributed by atoms with Crippen LogP contribution in [0, 0.1) is 26.6 Å². The molecule has 4 rings (SSSR count). The number of amides is 3. The average Bonchev–Trinajstić information content (AvgIpc) is 2.80. The molecule has 0 saturated carbocycles. The molecule has 1 N–H and O–H groups in total. The second-order valence-electron chi connectivity index (χ2n) is 9.00. The molecule has 3 aromatic carbocycles. The second kappa shape index (κ2) is 10.1. The molecule has 0 radical (unpaired) electrons. The largest absolute Gasteiger partial charge is 0.324 e. The maximum Gasteiger partial charge on any atom is 0.324 e. The van der Waals surface area contributed by atoms with Gasteiger partial charge in [0.1, 0.15) is 5.82 Å². The topological polar surface area (TPSA) is 52.6 Å². The molecular weight excluding hydrogens is 429 g/mol. The number of benzene rings is 3. The van der Waals surface area contributed by atoms with Gasteiger partial charge in [-0.25, -0.2) is 9.18 Å². The van der Waals surface area contributed by atoms with Crippen LogP contribution in [0.5, 0.6) is 0 Å². The first-order valence-electron chi connectivity index (χ1n) is 11.6. The highest BCUT2D eigenvalue weighted by Gasteiger charge is 2.28. The number of hydrogen-bond acceptors (Lipinski definition) is 2. The minimum atomic E-state index is -0.334. The van der Waals surface area contributed by atoms with Gasteiger partial charge in [-0.15, -0.1) is 0 Å². The van der Waals surface area contributed by atoms with Crippen LogP contribution in [-0.4, -0.2) is 29.9 Å². The summed E-state index contributed by atoms with van der Waals surface area (Å²) in [5.41, 5.74) is 6.55. The van der Waals surface area contributed by atoms with Crippen LogP contribution in [0.4, 0.5) is 20.6 Å². The average molecular weight is 460 g/mol. The van der Waals surface area contributed by atoms with Gasteiger partial charge in [0.2, 0.25) is 5.91 Å². The fraction of sp³-hybridized carbons (Fsp3) is 0.286. The van der Waals surface area contributed by atoms with Crippen LogP contribution in [0.15, 0.2) is 60.7 Å². The Labute approximate surface area is 200 Å². The highest BCUT2D eigenvalue weighted by Crippen LogP contribution is 2.30. The first-order chi connectivity index (χ1) is 16.3. The molecule has 3 aromatic rings. The quantitative estimate of drug-likeness (QED) is 0.509. The molecule has 1 heterocycles. The van der Waals surface area contributed by atoms with E-state index in [1.165, 1.54) is 23.3 Å². The lowest BCUT2D eigenvalue weighted by molar-refractivity contribution is -0.115. The molecule has 1 aliphatic rings. The van der Waals surface area contributed by atoms with E-state index in [4.69, 9.17) is 0 Å². The summed E-state index contributed by atoms with van der Waals surface area (Å²) in [7, 11) is 0. The van der Waals surface area contributed by atoms with Crippen molar-refractivity contribution in [2.45, 2.75) is 40.2 Å². The van der Waals surface area contributed by atoms with Gasteiger partial charge in [-0.1, -0.05) is 36.4 Å². The summed E-state index contributed by atoms with van der Waals surface area (Å²) in [5.74, 6) is -0.547. The number of aryl methyl sites for hydroxylation is 3. The van der Waals surface area contributed by atoms with Crippen LogP contribution < -0.4 is 10.2 Å². The summed E-state index contributed by atoms with van der Waals surface area (Å²) in [4.78, 5) is 29.8. The van der Waals surface area contributed by atoms with E-state index in [-0.39, 0.29) is 24.2 Å². The van der Waals surface area contributed by atoms with E-state index in [1.807, 2.05) is 30.0 Å². The van der Waals surface area contributed by atoms with Gasteiger partial charge in [-0.05, 0) is 79.3 Å². The van der Waals surface area contributed by atoms with Crippen LogP contribution in [-0.2, 0) is 17.8 Å². The monoisotopic (exact) mass is 459 g/mol. The number of hydrogen-bond donors (Lipinski definition) is 1. The first-order valence-corrected chi connectivity index (χ1v) is 11.6. The Morgan fingerprint density at radius 1 is 0.912 bits per heavy atom. The zero-order chi connectivity index (χ0) is 24.2. The van der Waals surface area contributed by atoms with E-state index in [0.717, 1.165) is 23.1 Å². The summed E-state index contributed by atoms with van der Waals surface area (Å²) in [6, 6.07) is 17.8. The maximum absolute atomic E-state index is 13.4. The molecule has 5 nitrogen and oxygen atoms in total. The summed E-state index contributed by atoms with van der Waals surface area (Å²) in [6.45, 7) is 7.94. The van der Waals surface area contributed by atoms with E-state index in [9.17, 15) is 14.0 Å². The van der Waals surface area contributed by atoms with Crippen molar-refractivity contribution in [1.29, 1.82) is 0 Å². The Morgan fingerprint density at radius 3 is 2.38 bits per heavy atom. The summed E-state index contributed by atoms with van der Waals surface area (Å²) >= 11 is 0. The molecule has 1 saturated heterocycles. The summed E-state index contributed by atoms with van der Waals surface area (Å²) in [5, 5.41) is 2.97. The zero-order valence-electron chi connectivity index (χ0n) is 19.9. The predicted molar refractivity (Wildman–Crippen MR) is 134 cm³/mol. The SMILES string of the molecule is Cc1ccc(N2CCCN(Cc3ccc(C)c(C)c3)C2=O)c(NC(=O)Cc2ccc(F)cc2)c1. The normalized spacial score (nSPS) is 13.8. The van der Waals surface area contributed by atoms with E-state index < -0.39 is 0 Å². The number of rotatable bonds is 6. The standard InChI is InChI=1S/C28H30FN3O2/c1-19-5-12-26(25(15-19)30-27(33)17-22-8-10-24(29)11-9-22)32-14-4-13-31(28(32)34)18-23-7-6-20(2)21(3)16-23/h5-12,15-16H,4,13-14,17-18H2,1-3H3,(H,30,33). The van der Waals surface area contributed by atoms with Crippen molar-refractivity contribution in [2.75, 3.05) is 23.3 Å². The Balaban J connectivity index is 1.52. The molecule has 1 fully saturated rings. The molecule has 3 amide bonds. The molecule has 34 heavy (non-hydrogen) atoms. The van der Waals surface area contributed by atoms with Crippen LogP contribution in [0.2, 0.25) is 0 Å². The first kappa shape index (κ1) is 23.5. The third kappa shape index (κ3) is 5.45. The van der Waals surface area contributed by atoms with Gasteiger partial charge in [0.25, 0.3) is 0 Å². The fourth-order valence-corrected chi connectivity index (χ4v) is 4.24.